The van der Waals surface area contributed by atoms with Gasteiger partial charge in [0.1, 0.15) is 11.9 Å². The van der Waals surface area contributed by atoms with Crippen molar-refractivity contribution in [3.05, 3.63) is 60.1 Å². The van der Waals surface area contributed by atoms with Gasteiger partial charge in [0.2, 0.25) is 0 Å². The summed E-state index contributed by atoms with van der Waals surface area (Å²) in [7, 11) is 0. The Kier molecular flexibility index (Phi) is 3.77. The van der Waals surface area contributed by atoms with Crippen LogP contribution in [-0.4, -0.2) is 23.5 Å². The van der Waals surface area contributed by atoms with Crippen molar-refractivity contribution in [3.8, 4) is 0 Å². The second-order valence-electron chi connectivity index (χ2n) is 5.01. The fourth-order valence-electron chi connectivity index (χ4n) is 2.52. The molecule has 21 heavy (non-hydrogen) atoms. The molecule has 1 aromatic heterocycles. The number of fused-ring (bicyclic) bond motifs is 1. The first-order valence-electron chi connectivity index (χ1n) is 7.18. The number of anilines is 1. The molecule has 1 aliphatic rings. The zero-order chi connectivity index (χ0) is 14.7. The lowest BCUT2D eigenvalue weighted by Gasteiger charge is -2.36. The molecular formula is C17H18N2O2. The number of nitrogens with zero attached hydrogens (tertiary/aromatic N) is 1. The van der Waals surface area contributed by atoms with E-state index in [2.05, 4.69) is 12.2 Å². The van der Waals surface area contributed by atoms with Gasteiger partial charge in [0, 0.05) is 12.2 Å². The second-order valence-corrected chi connectivity index (χ2v) is 5.01. The van der Waals surface area contributed by atoms with Crippen LogP contribution in [0, 0.1) is 0 Å². The van der Waals surface area contributed by atoms with E-state index in [1.807, 2.05) is 53.5 Å². The maximum atomic E-state index is 12.6. The minimum atomic E-state index is -0.155. The Morgan fingerprint density at radius 1 is 1.29 bits per heavy atom. The van der Waals surface area contributed by atoms with Gasteiger partial charge in [0.25, 0.3) is 5.91 Å². The Hall–Kier alpha value is -2.49. The van der Waals surface area contributed by atoms with Gasteiger partial charge >= 0.3 is 0 Å². The van der Waals surface area contributed by atoms with Gasteiger partial charge in [0.15, 0.2) is 0 Å². The van der Waals surface area contributed by atoms with E-state index in [4.69, 9.17) is 4.42 Å². The van der Waals surface area contributed by atoms with Crippen LogP contribution in [0.25, 0.3) is 6.08 Å². The largest absolute Gasteiger partial charge is 0.465 e. The topological polar surface area (TPSA) is 45.5 Å². The number of rotatable bonds is 4. The molecule has 0 fully saturated rings. The summed E-state index contributed by atoms with van der Waals surface area (Å²) < 4.78 is 5.30. The third kappa shape index (κ3) is 2.70. The van der Waals surface area contributed by atoms with Crippen molar-refractivity contribution in [2.45, 2.75) is 19.5 Å². The molecule has 1 amide bonds. The van der Waals surface area contributed by atoms with Crippen molar-refractivity contribution in [1.29, 1.82) is 0 Å². The van der Waals surface area contributed by atoms with E-state index in [0.29, 0.717) is 6.54 Å². The summed E-state index contributed by atoms with van der Waals surface area (Å²) in [6.45, 7) is 2.79. The van der Waals surface area contributed by atoms with Crippen LogP contribution < -0.4 is 5.32 Å². The van der Waals surface area contributed by atoms with Crippen LogP contribution in [0.1, 0.15) is 29.5 Å². The van der Waals surface area contributed by atoms with Gasteiger partial charge in [-0.1, -0.05) is 19.1 Å². The van der Waals surface area contributed by atoms with E-state index < -0.39 is 0 Å². The Balaban J connectivity index is 1.89. The van der Waals surface area contributed by atoms with E-state index in [1.54, 1.807) is 6.26 Å². The molecule has 4 nitrogen and oxygen atoms in total. The summed E-state index contributed by atoms with van der Waals surface area (Å²) in [5.41, 5.74) is 1.61. The maximum Gasteiger partial charge on any atom is 0.257 e. The van der Waals surface area contributed by atoms with Crippen molar-refractivity contribution in [2.24, 2.45) is 0 Å². The lowest BCUT2D eigenvalue weighted by Crippen LogP contribution is -2.48. The molecule has 2 aromatic rings. The Morgan fingerprint density at radius 2 is 2.14 bits per heavy atom. The monoisotopic (exact) mass is 282 g/mol. The van der Waals surface area contributed by atoms with Crippen LogP contribution >= 0.6 is 0 Å². The lowest BCUT2D eigenvalue weighted by atomic mass is 10.1. The average Bonchev–Trinajstić information content (AvgIpc) is 3.02. The molecule has 0 radical (unpaired) electrons. The fourth-order valence-corrected chi connectivity index (χ4v) is 2.52. The van der Waals surface area contributed by atoms with E-state index in [9.17, 15) is 4.79 Å². The standard InChI is InChI=1S/C17H18N2O2/c1-2-11-19-16(10-9-13-6-5-12-21-13)18-15-8-4-3-7-14(15)17(19)20/h3-10,12,16,18H,2,11H2,1H3/b10-9+/t16-/m1/s1. The summed E-state index contributed by atoms with van der Waals surface area (Å²) >= 11 is 0. The number of hydrogen-bond acceptors (Lipinski definition) is 3. The first kappa shape index (κ1) is 13.5. The average molecular weight is 282 g/mol. The van der Waals surface area contributed by atoms with Crippen LogP contribution in [0.4, 0.5) is 5.69 Å². The number of hydrogen-bond donors (Lipinski definition) is 1. The van der Waals surface area contributed by atoms with Crippen molar-refractivity contribution in [2.75, 3.05) is 11.9 Å². The van der Waals surface area contributed by atoms with E-state index in [1.165, 1.54) is 0 Å². The normalized spacial score (nSPS) is 17.9. The van der Waals surface area contributed by atoms with Gasteiger partial charge in [-0.3, -0.25) is 4.79 Å². The molecule has 1 aromatic carbocycles. The Labute approximate surface area is 124 Å². The number of carbonyl (C=O) groups is 1. The van der Waals surface area contributed by atoms with Crippen LogP contribution in [0.3, 0.4) is 0 Å². The number of benzene rings is 1. The zero-order valence-corrected chi connectivity index (χ0v) is 12.0. The quantitative estimate of drug-likeness (QED) is 0.932. The molecule has 2 heterocycles. The number of amides is 1. The molecule has 3 rings (SSSR count). The van der Waals surface area contributed by atoms with Crippen LogP contribution in [-0.2, 0) is 0 Å². The third-order valence-corrected chi connectivity index (χ3v) is 3.51. The highest BCUT2D eigenvalue weighted by molar-refractivity contribution is 6.01. The molecule has 108 valence electrons. The molecule has 0 aliphatic carbocycles. The Morgan fingerprint density at radius 3 is 2.90 bits per heavy atom. The predicted octanol–water partition coefficient (Wildman–Crippen LogP) is 3.60. The highest BCUT2D eigenvalue weighted by Gasteiger charge is 2.29. The third-order valence-electron chi connectivity index (χ3n) is 3.51. The number of furan rings is 1. The van der Waals surface area contributed by atoms with E-state index in [0.717, 1.165) is 23.4 Å². The highest BCUT2D eigenvalue weighted by atomic mass is 16.3. The predicted molar refractivity (Wildman–Crippen MR) is 82.9 cm³/mol. The van der Waals surface area contributed by atoms with Crippen molar-refractivity contribution >= 4 is 17.7 Å². The molecular weight excluding hydrogens is 264 g/mol. The first-order valence-corrected chi connectivity index (χ1v) is 7.18. The van der Waals surface area contributed by atoms with Gasteiger partial charge in [-0.15, -0.1) is 0 Å². The van der Waals surface area contributed by atoms with Gasteiger partial charge in [-0.05, 0) is 42.8 Å². The molecule has 0 saturated carbocycles. The van der Waals surface area contributed by atoms with Gasteiger partial charge < -0.3 is 14.6 Å². The van der Waals surface area contributed by atoms with Gasteiger partial charge in [0.05, 0.1) is 11.8 Å². The summed E-state index contributed by atoms with van der Waals surface area (Å²) in [5, 5.41) is 3.40. The number of nitrogens with one attached hydrogen (secondary N) is 1. The molecule has 1 aliphatic heterocycles. The molecule has 1 N–H and O–H groups in total. The van der Waals surface area contributed by atoms with Gasteiger partial charge in [-0.2, -0.15) is 0 Å². The molecule has 4 heteroatoms. The van der Waals surface area contributed by atoms with E-state index >= 15 is 0 Å². The van der Waals surface area contributed by atoms with Crippen molar-refractivity contribution in [1.82, 2.24) is 4.90 Å². The fraction of sp³-hybridized carbons (Fsp3) is 0.235. The molecule has 0 unspecified atom stereocenters. The van der Waals surface area contributed by atoms with Gasteiger partial charge in [-0.25, -0.2) is 0 Å². The minimum Gasteiger partial charge on any atom is -0.465 e. The molecule has 0 spiro atoms. The van der Waals surface area contributed by atoms with E-state index in [-0.39, 0.29) is 12.1 Å². The number of para-hydroxylation sites is 1. The van der Waals surface area contributed by atoms with Crippen LogP contribution in [0.2, 0.25) is 0 Å². The SMILES string of the molecule is CCCN1C(=O)c2ccccc2N[C@H]1/C=C/c1ccco1. The summed E-state index contributed by atoms with van der Waals surface area (Å²) in [6.07, 6.45) is 6.25. The highest BCUT2D eigenvalue weighted by Crippen LogP contribution is 2.26. The maximum absolute atomic E-state index is 12.6. The lowest BCUT2D eigenvalue weighted by molar-refractivity contribution is 0.0717. The first-order chi connectivity index (χ1) is 10.3. The van der Waals surface area contributed by atoms with Crippen molar-refractivity contribution in [3.63, 3.8) is 0 Å². The van der Waals surface area contributed by atoms with Crippen LogP contribution in [0.15, 0.2) is 53.2 Å². The molecule has 0 saturated heterocycles. The molecule has 1 atom stereocenters. The molecule has 0 bridgehead atoms. The summed E-state index contributed by atoms with van der Waals surface area (Å²) in [6, 6.07) is 11.4. The smallest absolute Gasteiger partial charge is 0.257 e. The summed E-state index contributed by atoms with van der Waals surface area (Å²) in [5.74, 6) is 0.847. The second kappa shape index (κ2) is 5.87. The minimum absolute atomic E-state index is 0.0697. The Bertz CT molecular complexity index is 647. The zero-order valence-electron chi connectivity index (χ0n) is 12.0. The summed E-state index contributed by atoms with van der Waals surface area (Å²) in [4.78, 5) is 14.5. The number of carbonyl (C=O) groups excluding carboxylic acids is 1. The van der Waals surface area contributed by atoms with Crippen molar-refractivity contribution < 1.29 is 9.21 Å². The van der Waals surface area contributed by atoms with Crippen LogP contribution in [0.5, 0.6) is 0 Å².